The normalized spacial score (nSPS) is 30.2. The molecule has 1 aliphatic carbocycles. The van der Waals surface area contributed by atoms with E-state index in [1.165, 1.54) is 0 Å². The van der Waals surface area contributed by atoms with Gasteiger partial charge in [-0.15, -0.1) is 0 Å². The second kappa shape index (κ2) is 7.71. The van der Waals surface area contributed by atoms with Gasteiger partial charge >= 0.3 is 6.11 Å². The van der Waals surface area contributed by atoms with Gasteiger partial charge in [0.25, 0.3) is 0 Å². The van der Waals surface area contributed by atoms with Crippen molar-refractivity contribution in [1.29, 1.82) is 0 Å². The number of rotatable bonds is 4. The van der Waals surface area contributed by atoms with Crippen molar-refractivity contribution in [1.82, 2.24) is 0 Å². The van der Waals surface area contributed by atoms with Gasteiger partial charge in [-0.05, 0) is 50.4 Å². The van der Waals surface area contributed by atoms with E-state index >= 15 is 0 Å². The molecule has 1 aliphatic heterocycles. The molecule has 0 spiro atoms. The van der Waals surface area contributed by atoms with Gasteiger partial charge in [0.15, 0.2) is 17.5 Å². The Labute approximate surface area is 149 Å². The molecule has 0 N–H and O–H groups in total. The standard InChI is InChI=1S/C19H23F5O2/c1-11-2-7-17(25-10-11)12-3-5-13(6-4-12)19(23,24)26-14-8-15(20)18(22)16(21)9-14/h8-9,11-13,17H,2-7,10H2,1H3. The lowest BCUT2D eigenvalue weighted by Gasteiger charge is -2.38. The molecule has 26 heavy (non-hydrogen) atoms. The van der Waals surface area contributed by atoms with Crippen LogP contribution in [-0.2, 0) is 4.74 Å². The summed E-state index contributed by atoms with van der Waals surface area (Å²) in [7, 11) is 0. The number of halogens is 5. The first-order chi connectivity index (χ1) is 12.3. The van der Waals surface area contributed by atoms with Gasteiger partial charge in [-0.1, -0.05) is 6.92 Å². The number of hydrogen-bond acceptors (Lipinski definition) is 2. The Morgan fingerprint density at radius 3 is 2.12 bits per heavy atom. The highest BCUT2D eigenvalue weighted by molar-refractivity contribution is 5.25. The molecule has 0 amide bonds. The van der Waals surface area contributed by atoms with E-state index in [1.54, 1.807) is 0 Å². The molecule has 146 valence electrons. The summed E-state index contributed by atoms with van der Waals surface area (Å²) >= 11 is 0. The van der Waals surface area contributed by atoms with Crippen molar-refractivity contribution in [3.63, 3.8) is 0 Å². The molecule has 1 saturated heterocycles. The van der Waals surface area contributed by atoms with E-state index < -0.39 is 35.2 Å². The molecule has 0 radical (unpaired) electrons. The predicted octanol–water partition coefficient (Wildman–Crippen LogP) is 5.70. The summed E-state index contributed by atoms with van der Waals surface area (Å²) in [5.74, 6) is -5.77. The molecule has 0 bridgehead atoms. The summed E-state index contributed by atoms with van der Waals surface area (Å²) in [6.45, 7) is 2.84. The molecule has 1 saturated carbocycles. The number of hydrogen-bond donors (Lipinski definition) is 0. The minimum Gasteiger partial charge on any atom is -0.432 e. The average molecular weight is 378 g/mol. The quantitative estimate of drug-likeness (QED) is 0.494. The largest absolute Gasteiger partial charge is 0.432 e. The Bertz CT molecular complexity index is 597. The summed E-state index contributed by atoms with van der Waals surface area (Å²) in [5, 5.41) is 0. The van der Waals surface area contributed by atoms with Crippen molar-refractivity contribution in [2.45, 2.75) is 57.7 Å². The van der Waals surface area contributed by atoms with Crippen LogP contribution in [0.5, 0.6) is 5.75 Å². The van der Waals surface area contributed by atoms with Crippen LogP contribution in [0, 0.1) is 35.2 Å². The van der Waals surface area contributed by atoms with Crippen molar-refractivity contribution >= 4 is 0 Å². The van der Waals surface area contributed by atoms with E-state index in [-0.39, 0.29) is 24.9 Å². The molecule has 0 aromatic heterocycles. The van der Waals surface area contributed by atoms with Crippen molar-refractivity contribution in [2.24, 2.45) is 17.8 Å². The fraction of sp³-hybridized carbons (Fsp3) is 0.684. The first-order valence-electron chi connectivity index (χ1n) is 9.09. The number of benzene rings is 1. The SMILES string of the molecule is CC1CCC(C2CCC(C(F)(F)Oc3cc(F)c(F)c(F)c3)CC2)OC1. The highest BCUT2D eigenvalue weighted by Gasteiger charge is 2.45. The predicted molar refractivity (Wildman–Crippen MR) is 85.5 cm³/mol. The van der Waals surface area contributed by atoms with E-state index in [0.717, 1.165) is 12.8 Å². The first kappa shape index (κ1) is 19.4. The lowest BCUT2D eigenvalue weighted by Crippen LogP contribution is -2.40. The van der Waals surface area contributed by atoms with Crippen molar-refractivity contribution in [3.05, 3.63) is 29.6 Å². The zero-order valence-electron chi connectivity index (χ0n) is 14.6. The van der Waals surface area contributed by atoms with Gasteiger partial charge in [0.2, 0.25) is 0 Å². The van der Waals surface area contributed by atoms with E-state index in [4.69, 9.17) is 4.74 Å². The third-order valence-corrected chi connectivity index (χ3v) is 5.52. The molecule has 2 atom stereocenters. The third-order valence-electron chi connectivity index (χ3n) is 5.52. The van der Waals surface area contributed by atoms with Gasteiger partial charge < -0.3 is 9.47 Å². The lowest BCUT2D eigenvalue weighted by atomic mass is 9.77. The Balaban J connectivity index is 1.57. The van der Waals surface area contributed by atoms with Crippen LogP contribution in [0.2, 0.25) is 0 Å². The van der Waals surface area contributed by atoms with Gasteiger partial charge in [-0.25, -0.2) is 13.2 Å². The van der Waals surface area contributed by atoms with Crippen molar-refractivity contribution < 1.29 is 31.4 Å². The second-order valence-corrected chi connectivity index (χ2v) is 7.53. The minimum atomic E-state index is -3.57. The summed E-state index contributed by atoms with van der Waals surface area (Å²) in [6.07, 6.45) is 0.316. The zero-order chi connectivity index (χ0) is 18.9. The molecule has 2 fully saturated rings. The molecular formula is C19H23F5O2. The Morgan fingerprint density at radius 1 is 0.962 bits per heavy atom. The Morgan fingerprint density at radius 2 is 1.58 bits per heavy atom. The van der Waals surface area contributed by atoms with E-state index in [9.17, 15) is 22.0 Å². The molecule has 7 heteroatoms. The van der Waals surface area contributed by atoms with Crippen LogP contribution < -0.4 is 4.74 Å². The third kappa shape index (κ3) is 4.30. The molecule has 2 unspecified atom stereocenters. The summed E-state index contributed by atoms with van der Waals surface area (Å²) < 4.78 is 78.5. The summed E-state index contributed by atoms with van der Waals surface area (Å²) in [4.78, 5) is 0. The van der Waals surface area contributed by atoms with Crippen LogP contribution in [0.15, 0.2) is 12.1 Å². The molecule has 1 heterocycles. The van der Waals surface area contributed by atoms with Crippen LogP contribution in [0.3, 0.4) is 0 Å². The summed E-state index contributed by atoms with van der Waals surface area (Å²) in [5.41, 5.74) is 0. The second-order valence-electron chi connectivity index (χ2n) is 7.53. The van der Waals surface area contributed by atoms with Crippen LogP contribution >= 0.6 is 0 Å². The molecule has 3 rings (SSSR count). The van der Waals surface area contributed by atoms with Crippen LogP contribution in [0.25, 0.3) is 0 Å². The number of ether oxygens (including phenoxy) is 2. The van der Waals surface area contributed by atoms with E-state index in [2.05, 4.69) is 11.7 Å². The highest BCUT2D eigenvalue weighted by Crippen LogP contribution is 2.42. The minimum absolute atomic E-state index is 0.127. The fourth-order valence-electron chi connectivity index (χ4n) is 3.93. The topological polar surface area (TPSA) is 18.5 Å². The van der Waals surface area contributed by atoms with E-state index in [1.807, 2.05) is 0 Å². The van der Waals surface area contributed by atoms with Crippen molar-refractivity contribution in [3.8, 4) is 5.75 Å². The lowest BCUT2D eigenvalue weighted by molar-refractivity contribution is -0.225. The maximum Gasteiger partial charge on any atom is 0.400 e. The van der Waals surface area contributed by atoms with E-state index in [0.29, 0.717) is 37.5 Å². The fourth-order valence-corrected chi connectivity index (χ4v) is 3.93. The van der Waals surface area contributed by atoms with Gasteiger partial charge in [0.1, 0.15) is 5.75 Å². The maximum absolute atomic E-state index is 14.4. The highest BCUT2D eigenvalue weighted by atomic mass is 19.3. The Kier molecular flexibility index (Phi) is 5.75. The zero-order valence-corrected chi connectivity index (χ0v) is 14.6. The van der Waals surface area contributed by atoms with Gasteiger partial charge in [-0.3, -0.25) is 0 Å². The van der Waals surface area contributed by atoms with Gasteiger partial charge in [-0.2, -0.15) is 8.78 Å². The molecule has 2 aliphatic rings. The average Bonchev–Trinajstić information content (AvgIpc) is 2.60. The van der Waals surface area contributed by atoms with Gasteiger partial charge in [0.05, 0.1) is 12.0 Å². The summed E-state index contributed by atoms with van der Waals surface area (Å²) in [6, 6.07) is 0.879. The van der Waals surface area contributed by atoms with Crippen LogP contribution in [0.1, 0.15) is 45.4 Å². The molecule has 1 aromatic carbocycles. The monoisotopic (exact) mass is 378 g/mol. The smallest absolute Gasteiger partial charge is 0.400 e. The molecule has 1 aromatic rings. The van der Waals surface area contributed by atoms with Gasteiger partial charge in [0, 0.05) is 18.7 Å². The first-order valence-corrected chi connectivity index (χ1v) is 9.09. The van der Waals surface area contributed by atoms with Crippen molar-refractivity contribution in [2.75, 3.05) is 6.61 Å². The molecular weight excluding hydrogens is 355 g/mol. The maximum atomic E-state index is 14.4. The Hall–Kier alpha value is -1.37. The molecule has 2 nitrogen and oxygen atoms in total. The van der Waals surface area contributed by atoms with Crippen LogP contribution in [0.4, 0.5) is 22.0 Å². The number of alkyl halides is 2. The van der Waals surface area contributed by atoms with Crippen LogP contribution in [-0.4, -0.2) is 18.8 Å².